The standard InChI is InChI=1S/C17H27N3O3.HI/c1-3-21-10-4-8-19-17(18-2)20-9-7-14-5-6-15-16(13-14)23-12-11-22-15;/h5-6,13H,3-4,7-12H2,1-2H3,(H2,18,19,20);1H. The minimum absolute atomic E-state index is 0. The van der Waals surface area contributed by atoms with E-state index in [2.05, 4.69) is 27.8 Å². The van der Waals surface area contributed by atoms with Crippen molar-refractivity contribution in [1.82, 2.24) is 10.6 Å². The number of nitrogens with one attached hydrogen (secondary N) is 2. The van der Waals surface area contributed by atoms with Gasteiger partial charge in [-0.25, -0.2) is 0 Å². The van der Waals surface area contributed by atoms with Gasteiger partial charge < -0.3 is 24.8 Å². The van der Waals surface area contributed by atoms with Crippen molar-refractivity contribution in [2.24, 2.45) is 4.99 Å². The van der Waals surface area contributed by atoms with Crippen molar-refractivity contribution in [3.05, 3.63) is 23.8 Å². The maximum absolute atomic E-state index is 5.60. The number of halogens is 1. The van der Waals surface area contributed by atoms with E-state index in [1.807, 2.05) is 13.0 Å². The first kappa shape index (κ1) is 20.8. The molecular formula is C17H28IN3O3. The third-order valence-corrected chi connectivity index (χ3v) is 3.50. The van der Waals surface area contributed by atoms with Gasteiger partial charge in [-0.15, -0.1) is 24.0 Å². The first-order chi connectivity index (χ1) is 11.3. The van der Waals surface area contributed by atoms with Crippen LogP contribution in [0.3, 0.4) is 0 Å². The summed E-state index contributed by atoms with van der Waals surface area (Å²) in [4.78, 5) is 4.22. The molecule has 0 fully saturated rings. The Bertz CT molecular complexity index is 512. The third-order valence-electron chi connectivity index (χ3n) is 3.50. The molecule has 0 amide bonds. The molecule has 2 rings (SSSR count). The van der Waals surface area contributed by atoms with Crippen molar-refractivity contribution < 1.29 is 14.2 Å². The van der Waals surface area contributed by atoms with E-state index in [9.17, 15) is 0 Å². The van der Waals surface area contributed by atoms with E-state index in [1.54, 1.807) is 7.05 Å². The molecule has 2 N–H and O–H groups in total. The van der Waals surface area contributed by atoms with E-state index in [4.69, 9.17) is 14.2 Å². The van der Waals surface area contributed by atoms with Crippen LogP contribution in [0, 0.1) is 0 Å². The summed E-state index contributed by atoms with van der Waals surface area (Å²) in [5.74, 6) is 2.49. The zero-order valence-electron chi connectivity index (χ0n) is 14.5. The van der Waals surface area contributed by atoms with Crippen LogP contribution < -0.4 is 20.1 Å². The molecule has 1 aliphatic heterocycles. The van der Waals surface area contributed by atoms with Crippen molar-refractivity contribution >= 4 is 29.9 Å². The summed E-state index contributed by atoms with van der Waals surface area (Å²) < 4.78 is 16.4. The number of aliphatic imine (C=N–C) groups is 1. The Morgan fingerprint density at radius 1 is 1.17 bits per heavy atom. The van der Waals surface area contributed by atoms with Crippen LogP contribution in [0.1, 0.15) is 18.9 Å². The summed E-state index contributed by atoms with van der Waals surface area (Å²) in [6, 6.07) is 6.10. The van der Waals surface area contributed by atoms with Gasteiger partial charge in [0.2, 0.25) is 0 Å². The normalized spacial score (nSPS) is 13.2. The van der Waals surface area contributed by atoms with Gasteiger partial charge in [-0.1, -0.05) is 6.07 Å². The Hall–Kier alpha value is -1.22. The molecule has 0 saturated heterocycles. The van der Waals surface area contributed by atoms with E-state index >= 15 is 0 Å². The van der Waals surface area contributed by atoms with Crippen molar-refractivity contribution in [1.29, 1.82) is 0 Å². The number of nitrogens with zero attached hydrogens (tertiary/aromatic N) is 1. The molecule has 0 saturated carbocycles. The molecule has 6 nitrogen and oxygen atoms in total. The van der Waals surface area contributed by atoms with Gasteiger partial charge in [-0.05, 0) is 37.5 Å². The maximum atomic E-state index is 5.60. The Morgan fingerprint density at radius 3 is 2.67 bits per heavy atom. The lowest BCUT2D eigenvalue weighted by Crippen LogP contribution is -2.39. The minimum Gasteiger partial charge on any atom is -0.486 e. The van der Waals surface area contributed by atoms with Crippen LogP contribution in [-0.2, 0) is 11.2 Å². The van der Waals surface area contributed by atoms with E-state index in [0.717, 1.165) is 56.6 Å². The molecule has 1 heterocycles. The highest BCUT2D eigenvalue weighted by atomic mass is 127. The second kappa shape index (κ2) is 12.2. The minimum atomic E-state index is 0. The monoisotopic (exact) mass is 449 g/mol. The third kappa shape index (κ3) is 7.12. The number of hydrogen-bond donors (Lipinski definition) is 2. The van der Waals surface area contributed by atoms with Crippen LogP contribution >= 0.6 is 24.0 Å². The van der Waals surface area contributed by atoms with Gasteiger partial charge in [0.1, 0.15) is 13.2 Å². The average Bonchev–Trinajstić information content (AvgIpc) is 2.60. The van der Waals surface area contributed by atoms with E-state index in [0.29, 0.717) is 13.2 Å². The molecule has 1 aliphatic rings. The van der Waals surface area contributed by atoms with E-state index in [-0.39, 0.29) is 24.0 Å². The second-order valence-corrected chi connectivity index (χ2v) is 5.20. The first-order valence-electron chi connectivity index (χ1n) is 8.24. The molecule has 136 valence electrons. The Morgan fingerprint density at radius 2 is 1.92 bits per heavy atom. The van der Waals surface area contributed by atoms with E-state index < -0.39 is 0 Å². The van der Waals surface area contributed by atoms with Gasteiger partial charge in [-0.3, -0.25) is 4.99 Å². The van der Waals surface area contributed by atoms with Crippen LogP contribution in [0.4, 0.5) is 0 Å². The second-order valence-electron chi connectivity index (χ2n) is 5.20. The summed E-state index contributed by atoms with van der Waals surface area (Å²) in [5.41, 5.74) is 1.22. The number of rotatable bonds is 8. The van der Waals surface area contributed by atoms with Crippen LogP contribution in [0.15, 0.2) is 23.2 Å². The number of guanidine groups is 1. The highest BCUT2D eigenvalue weighted by Crippen LogP contribution is 2.30. The molecule has 24 heavy (non-hydrogen) atoms. The Balaban J connectivity index is 0.00000288. The van der Waals surface area contributed by atoms with Gasteiger partial charge >= 0.3 is 0 Å². The molecule has 0 aliphatic carbocycles. The van der Waals surface area contributed by atoms with Crippen molar-refractivity contribution in [3.63, 3.8) is 0 Å². The molecule has 1 aromatic carbocycles. The lowest BCUT2D eigenvalue weighted by molar-refractivity contribution is 0.145. The van der Waals surface area contributed by atoms with Crippen molar-refractivity contribution in [2.75, 3.05) is 46.6 Å². The average molecular weight is 449 g/mol. The molecule has 1 aromatic rings. The number of hydrogen-bond acceptors (Lipinski definition) is 4. The highest BCUT2D eigenvalue weighted by Gasteiger charge is 2.11. The fourth-order valence-corrected chi connectivity index (χ4v) is 2.31. The lowest BCUT2D eigenvalue weighted by Gasteiger charge is -2.19. The van der Waals surface area contributed by atoms with Crippen molar-refractivity contribution in [2.45, 2.75) is 19.8 Å². The number of fused-ring (bicyclic) bond motifs is 1. The molecule has 0 unspecified atom stereocenters. The van der Waals surface area contributed by atoms with Crippen LogP contribution in [0.25, 0.3) is 0 Å². The predicted octanol–water partition coefficient (Wildman–Crippen LogP) is 2.21. The molecular weight excluding hydrogens is 421 g/mol. The summed E-state index contributed by atoms with van der Waals surface area (Å²) >= 11 is 0. The van der Waals surface area contributed by atoms with Gasteiger partial charge in [-0.2, -0.15) is 0 Å². The molecule has 0 atom stereocenters. The first-order valence-corrected chi connectivity index (χ1v) is 8.24. The smallest absolute Gasteiger partial charge is 0.190 e. The quantitative estimate of drug-likeness (QED) is 0.276. The fraction of sp³-hybridized carbons (Fsp3) is 0.588. The van der Waals surface area contributed by atoms with Crippen molar-refractivity contribution in [3.8, 4) is 11.5 Å². The summed E-state index contributed by atoms with van der Waals surface area (Å²) in [6.07, 6.45) is 1.87. The number of ether oxygens (including phenoxy) is 3. The zero-order valence-corrected chi connectivity index (χ0v) is 16.8. The molecule has 0 aromatic heterocycles. The molecule has 0 spiro atoms. The van der Waals surface area contributed by atoms with E-state index in [1.165, 1.54) is 5.56 Å². The Labute approximate surface area is 161 Å². The molecule has 7 heteroatoms. The Kier molecular flexibility index (Phi) is 10.6. The summed E-state index contributed by atoms with van der Waals surface area (Å²) in [7, 11) is 1.78. The molecule has 0 bridgehead atoms. The number of benzene rings is 1. The van der Waals surface area contributed by atoms with Gasteiger partial charge in [0.15, 0.2) is 17.5 Å². The molecule has 0 radical (unpaired) electrons. The van der Waals surface area contributed by atoms with Gasteiger partial charge in [0, 0.05) is 33.4 Å². The predicted molar refractivity (Wildman–Crippen MR) is 107 cm³/mol. The van der Waals surface area contributed by atoms with Gasteiger partial charge in [0.25, 0.3) is 0 Å². The topological polar surface area (TPSA) is 64.1 Å². The zero-order chi connectivity index (χ0) is 16.3. The van der Waals surface area contributed by atoms with Crippen LogP contribution in [0.2, 0.25) is 0 Å². The maximum Gasteiger partial charge on any atom is 0.190 e. The largest absolute Gasteiger partial charge is 0.486 e. The fourth-order valence-electron chi connectivity index (χ4n) is 2.31. The summed E-state index contributed by atoms with van der Waals surface area (Å²) in [6.45, 7) is 6.45. The highest BCUT2D eigenvalue weighted by molar-refractivity contribution is 14.0. The van der Waals surface area contributed by atoms with Gasteiger partial charge in [0.05, 0.1) is 0 Å². The summed E-state index contributed by atoms with van der Waals surface area (Å²) in [5, 5.41) is 6.59. The van der Waals surface area contributed by atoms with Crippen LogP contribution in [0.5, 0.6) is 11.5 Å². The lowest BCUT2D eigenvalue weighted by atomic mass is 10.1. The van der Waals surface area contributed by atoms with Crippen LogP contribution in [-0.4, -0.2) is 52.5 Å². The SMILES string of the molecule is CCOCCCNC(=NC)NCCc1ccc2c(c1)OCCO2.I.